The summed E-state index contributed by atoms with van der Waals surface area (Å²) in [6, 6.07) is 8.65. The minimum atomic E-state index is -0.354. The van der Waals surface area contributed by atoms with E-state index in [1.54, 1.807) is 18.5 Å². The zero-order chi connectivity index (χ0) is 13.7. The van der Waals surface area contributed by atoms with E-state index >= 15 is 0 Å². The van der Waals surface area contributed by atoms with Crippen LogP contribution in [0.3, 0.4) is 0 Å². The molecule has 100 valence electrons. The van der Waals surface area contributed by atoms with Crippen molar-refractivity contribution in [2.24, 2.45) is 5.73 Å². The first-order valence-electron chi connectivity index (χ1n) is 6.21. The van der Waals surface area contributed by atoms with Gasteiger partial charge in [-0.05, 0) is 48.7 Å². The van der Waals surface area contributed by atoms with Crippen molar-refractivity contribution in [3.05, 3.63) is 59.7 Å². The van der Waals surface area contributed by atoms with Crippen LogP contribution in [0.15, 0.2) is 42.7 Å². The van der Waals surface area contributed by atoms with Crippen molar-refractivity contribution in [3.8, 4) is 5.75 Å². The predicted molar refractivity (Wildman–Crippen MR) is 72.3 cm³/mol. The lowest BCUT2D eigenvalue weighted by molar-refractivity contribution is 0.290. The van der Waals surface area contributed by atoms with Crippen molar-refractivity contribution in [1.82, 2.24) is 4.98 Å². The Morgan fingerprint density at radius 3 is 2.58 bits per heavy atom. The number of nitrogens with zero attached hydrogens (tertiary/aromatic N) is 1. The van der Waals surface area contributed by atoms with E-state index in [2.05, 4.69) is 4.98 Å². The molecule has 0 radical (unpaired) electrons. The Kier molecular flexibility index (Phi) is 4.47. The van der Waals surface area contributed by atoms with E-state index < -0.39 is 0 Å². The Balaban J connectivity index is 2.01. The quantitative estimate of drug-likeness (QED) is 0.899. The molecule has 0 saturated heterocycles. The van der Waals surface area contributed by atoms with E-state index in [9.17, 15) is 4.39 Å². The second-order valence-electron chi connectivity index (χ2n) is 4.59. The first kappa shape index (κ1) is 13.5. The van der Waals surface area contributed by atoms with Crippen molar-refractivity contribution in [2.75, 3.05) is 0 Å². The number of aromatic nitrogens is 1. The van der Waals surface area contributed by atoms with Gasteiger partial charge in [0.1, 0.15) is 6.61 Å². The highest BCUT2D eigenvalue weighted by molar-refractivity contribution is 5.30. The van der Waals surface area contributed by atoms with Gasteiger partial charge in [0.05, 0.1) is 0 Å². The summed E-state index contributed by atoms with van der Waals surface area (Å²) in [5, 5.41) is 0. The monoisotopic (exact) mass is 260 g/mol. The highest BCUT2D eigenvalue weighted by Crippen LogP contribution is 2.20. The normalized spacial score (nSPS) is 12.2. The molecule has 1 atom stereocenters. The average Bonchev–Trinajstić information content (AvgIpc) is 2.38. The molecule has 2 aromatic rings. The van der Waals surface area contributed by atoms with Crippen LogP contribution in [0.1, 0.15) is 18.1 Å². The zero-order valence-electron chi connectivity index (χ0n) is 10.8. The first-order chi connectivity index (χ1) is 9.15. The van der Waals surface area contributed by atoms with Gasteiger partial charge in [0.25, 0.3) is 0 Å². The molecule has 0 aliphatic carbocycles. The largest absolute Gasteiger partial charge is 0.486 e. The SMILES string of the molecule is CC(N)Cc1ccc(OCc2ccncc2)c(F)c1. The molecule has 0 saturated carbocycles. The fourth-order valence-electron chi connectivity index (χ4n) is 1.80. The molecule has 0 aliphatic rings. The number of nitrogens with two attached hydrogens (primary N) is 1. The molecule has 0 fully saturated rings. The van der Waals surface area contributed by atoms with Crippen LogP contribution in [-0.4, -0.2) is 11.0 Å². The van der Waals surface area contributed by atoms with Crippen LogP contribution in [0.5, 0.6) is 5.75 Å². The van der Waals surface area contributed by atoms with Crippen LogP contribution in [0.4, 0.5) is 4.39 Å². The van der Waals surface area contributed by atoms with Gasteiger partial charge < -0.3 is 10.5 Å². The van der Waals surface area contributed by atoms with Gasteiger partial charge in [-0.25, -0.2) is 4.39 Å². The maximum absolute atomic E-state index is 13.8. The zero-order valence-corrected chi connectivity index (χ0v) is 10.8. The Labute approximate surface area is 112 Å². The molecule has 0 amide bonds. The molecule has 1 unspecified atom stereocenters. The summed E-state index contributed by atoms with van der Waals surface area (Å²) < 4.78 is 19.3. The lowest BCUT2D eigenvalue weighted by atomic mass is 10.1. The van der Waals surface area contributed by atoms with Crippen LogP contribution in [0, 0.1) is 5.82 Å². The lowest BCUT2D eigenvalue weighted by Gasteiger charge is -2.10. The van der Waals surface area contributed by atoms with Gasteiger partial charge in [-0.1, -0.05) is 6.07 Å². The lowest BCUT2D eigenvalue weighted by Crippen LogP contribution is -2.17. The second kappa shape index (κ2) is 6.29. The third kappa shape index (κ3) is 4.03. The van der Waals surface area contributed by atoms with Gasteiger partial charge >= 0.3 is 0 Å². The molecule has 3 nitrogen and oxygen atoms in total. The Hall–Kier alpha value is -1.94. The molecule has 1 heterocycles. The van der Waals surface area contributed by atoms with E-state index in [-0.39, 0.29) is 17.6 Å². The fraction of sp³-hybridized carbons (Fsp3) is 0.267. The maximum atomic E-state index is 13.8. The minimum absolute atomic E-state index is 0.0167. The van der Waals surface area contributed by atoms with Crippen molar-refractivity contribution >= 4 is 0 Å². The van der Waals surface area contributed by atoms with Crippen molar-refractivity contribution in [1.29, 1.82) is 0 Å². The summed E-state index contributed by atoms with van der Waals surface area (Å²) in [5.41, 5.74) is 7.52. The molecule has 1 aromatic carbocycles. The number of halogens is 1. The number of pyridine rings is 1. The smallest absolute Gasteiger partial charge is 0.165 e. The number of rotatable bonds is 5. The Morgan fingerprint density at radius 1 is 1.21 bits per heavy atom. The Bertz CT molecular complexity index is 529. The van der Waals surface area contributed by atoms with Gasteiger partial charge in [-0.15, -0.1) is 0 Å². The standard InChI is InChI=1S/C15H17FN2O/c1-11(17)8-13-2-3-15(14(16)9-13)19-10-12-4-6-18-7-5-12/h2-7,9,11H,8,10,17H2,1H3. The van der Waals surface area contributed by atoms with Gasteiger partial charge in [-0.3, -0.25) is 4.98 Å². The van der Waals surface area contributed by atoms with Gasteiger partial charge in [0.2, 0.25) is 0 Å². The third-order valence-corrected chi connectivity index (χ3v) is 2.70. The number of hydrogen-bond acceptors (Lipinski definition) is 3. The van der Waals surface area contributed by atoms with Crippen molar-refractivity contribution in [2.45, 2.75) is 26.0 Å². The molecule has 19 heavy (non-hydrogen) atoms. The van der Waals surface area contributed by atoms with E-state index in [0.29, 0.717) is 13.0 Å². The molecule has 1 aromatic heterocycles. The number of hydrogen-bond donors (Lipinski definition) is 1. The summed E-state index contributed by atoms with van der Waals surface area (Å²) in [6.07, 6.45) is 4.02. The number of ether oxygens (including phenoxy) is 1. The molecular weight excluding hydrogens is 243 g/mol. The first-order valence-corrected chi connectivity index (χ1v) is 6.21. The predicted octanol–water partition coefficient (Wildman–Crippen LogP) is 2.69. The summed E-state index contributed by atoms with van der Waals surface area (Å²) in [7, 11) is 0. The summed E-state index contributed by atoms with van der Waals surface area (Å²) >= 11 is 0. The molecule has 0 bridgehead atoms. The van der Waals surface area contributed by atoms with E-state index in [0.717, 1.165) is 11.1 Å². The number of benzene rings is 1. The maximum Gasteiger partial charge on any atom is 0.165 e. The molecule has 0 aliphatic heterocycles. The van der Waals surface area contributed by atoms with Crippen LogP contribution in [0.2, 0.25) is 0 Å². The molecular formula is C15H17FN2O. The topological polar surface area (TPSA) is 48.1 Å². The molecule has 0 spiro atoms. The average molecular weight is 260 g/mol. The molecule has 4 heteroatoms. The van der Waals surface area contributed by atoms with Gasteiger partial charge in [0, 0.05) is 18.4 Å². The highest BCUT2D eigenvalue weighted by atomic mass is 19.1. The van der Waals surface area contributed by atoms with E-state index in [4.69, 9.17) is 10.5 Å². The van der Waals surface area contributed by atoms with Crippen LogP contribution in [-0.2, 0) is 13.0 Å². The fourth-order valence-corrected chi connectivity index (χ4v) is 1.80. The third-order valence-electron chi connectivity index (χ3n) is 2.70. The summed E-state index contributed by atoms with van der Waals surface area (Å²) in [4.78, 5) is 3.92. The van der Waals surface area contributed by atoms with Gasteiger partial charge in [0.15, 0.2) is 11.6 Å². The highest BCUT2D eigenvalue weighted by Gasteiger charge is 2.06. The van der Waals surface area contributed by atoms with E-state index in [1.165, 1.54) is 6.07 Å². The molecule has 2 N–H and O–H groups in total. The van der Waals surface area contributed by atoms with Crippen molar-refractivity contribution < 1.29 is 9.13 Å². The summed E-state index contributed by atoms with van der Waals surface area (Å²) in [6.45, 7) is 2.22. The van der Waals surface area contributed by atoms with Crippen LogP contribution < -0.4 is 10.5 Å². The molecule has 2 rings (SSSR count). The van der Waals surface area contributed by atoms with Crippen LogP contribution >= 0.6 is 0 Å². The van der Waals surface area contributed by atoms with Crippen molar-refractivity contribution in [3.63, 3.8) is 0 Å². The summed E-state index contributed by atoms with van der Waals surface area (Å²) in [5.74, 6) is -0.0996. The second-order valence-corrected chi connectivity index (χ2v) is 4.59. The Morgan fingerprint density at radius 2 is 1.95 bits per heavy atom. The van der Waals surface area contributed by atoms with Gasteiger partial charge in [-0.2, -0.15) is 0 Å². The van der Waals surface area contributed by atoms with Crippen LogP contribution in [0.25, 0.3) is 0 Å². The minimum Gasteiger partial charge on any atom is -0.486 e. The van der Waals surface area contributed by atoms with E-state index in [1.807, 2.05) is 25.1 Å².